The van der Waals surface area contributed by atoms with E-state index in [4.69, 9.17) is 4.74 Å². The fourth-order valence-corrected chi connectivity index (χ4v) is 3.25. The average molecular weight is 448 g/mol. The van der Waals surface area contributed by atoms with Gasteiger partial charge in [0.1, 0.15) is 18.2 Å². The van der Waals surface area contributed by atoms with Crippen molar-refractivity contribution >= 4 is 17.9 Å². The highest BCUT2D eigenvalue weighted by Gasteiger charge is 2.34. The van der Waals surface area contributed by atoms with Crippen LogP contribution in [0.1, 0.15) is 84.0 Å². The van der Waals surface area contributed by atoms with Crippen LogP contribution in [0.15, 0.2) is 18.2 Å². The van der Waals surface area contributed by atoms with Gasteiger partial charge in [-0.2, -0.15) is 0 Å². The third-order valence-corrected chi connectivity index (χ3v) is 4.86. The van der Waals surface area contributed by atoms with E-state index in [0.29, 0.717) is 6.54 Å². The number of hydrogen-bond acceptors (Lipinski definition) is 4. The molecule has 0 bridgehead atoms. The molecule has 0 saturated carbocycles. The van der Waals surface area contributed by atoms with Gasteiger partial charge in [-0.3, -0.25) is 9.59 Å². The van der Waals surface area contributed by atoms with E-state index in [1.165, 1.54) is 0 Å². The minimum Gasteiger partial charge on any atom is -0.444 e. The Bertz CT molecular complexity index is 806. The van der Waals surface area contributed by atoms with Gasteiger partial charge in [-0.05, 0) is 78.5 Å². The molecule has 0 heterocycles. The van der Waals surface area contributed by atoms with Gasteiger partial charge in [-0.15, -0.1) is 0 Å². The second-order valence-corrected chi connectivity index (χ2v) is 10.2. The number of carbonyl (C=O) groups is 3. The van der Waals surface area contributed by atoms with Crippen LogP contribution < -0.4 is 10.6 Å². The van der Waals surface area contributed by atoms with E-state index in [-0.39, 0.29) is 18.4 Å². The Hall–Kier alpha value is -2.57. The molecule has 2 N–H and O–H groups in total. The summed E-state index contributed by atoms with van der Waals surface area (Å²) >= 11 is 0. The third kappa shape index (κ3) is 8.89. The first-order valence-corrected chi connectivity index (χ1v) is 11.3. The van der Waals surface area contributed by atoms with Gasteiger partial charge < -0.3 is 20.3 Å². The van der Waals surface area contributed by atoms with Crippen LogP contribution in [0.2, 0.25) is 0 Å². The lowest BCUT2D eigenvalue weighted by molar-refractivity contribution is -0.141. The van der Waals surface area contributed by atoms with Crippen molar-refractivity contribution < 1.29 is 19.1 Å². The molecule has 180 valence electrons. The molecule has 0 aromatic heterocycles. The first kappa shape index (κ1) is 27.5. The van der Waals surface area contributed by atoms with Crippen molar-refractivity contribution in [1.82, 2.24) is 15.5 Å². The Morgan fingerprint density at radius 3 is 2.22 bits per heavy atom. The second-order valence-electron chi connectivity index (χ2n) is 10.2. The van der Waals surface area contributed by atoms with Gasteiger partial charge in [0.05, 0.1) is 0 Å². The Balaban J connectivity index is 3.30. The van der Waals surface area contributed by atoms with Crippen molar-refractivity contribution in [2.75, 3.05) is 13.1 Å². The number of alkyl carbamates (subject to hydrolysis) is 1. The minimum absolute atomic E-state index is 0.243. The second kappa shape index (κ2) is 11.3. The van der Waals surface area contributed by atoms with Gasteiger partial charge >= 0.3 is 6.09 Å². The largest absolute Gasteiger partial charge is 0.444 e. The van der Waals surface area contributed by atoms with Crippen LogP contribution in [0.5, 0.6) is 0 Å². The van der Waals surface area contributed by atoms with E-state index in [2.05, 4.69) is 10.6 Å². The van der Waals surface area contributed by atoms with Crippen LogP contribution in [0.25, 0.3) is 0 Å². The van der Waals surface area contributed by atoms with E-state index in [1.807, 2.05) is 59.7 Å². The summed E-state index contributed by atoms with van der Waals surface area (Å²) < 4.78 is 5.24. The van der Waals surface area contributed by atoms with Gasteiger partial charge in [0.15, 0.2) is 0 Å². The Morgan fingerprint density at radius 2 is 1.69 bits per heavy atom. The molecule has 3 amide bonds. The molecule has 0 aliphatic carbocycles. The highest BCUT2D eigenvalue weighted by atomic mass is 16.6. The Kier molecular flexibility index (Phi) is 9.73. The lowest BCUT2D eigenvalue weighted by atomic mass is 9.94. The van der Waals surface area contributed by atoms with Crippen molar-refractivity contribution in [2.24, 2.45) is 0 Å². The smallest absolute Gasteiger partial charge is 0.408 e. The van der Waals surface area contributed by atoms with Crippen LogP contribution in [0.3, 0.4) is 0 Å². The molecule has 1 atom stereocenters. The number of nitrogens with one attached hydrogen (secondary N) is 2. The number of aryl methyl sites for hydroxylation is 1. The Labute approximate surface area is 193 Å². The molecule has 0 radical (unpaired) electrons. The molecule has 1 aromatic rings. The summed E-state index contributed by atoms with van der Waals surface area (Å²) in [7, 11) is 0. The molecule has 32 heavy (non-hydrogen) atoms. The average Bonchev–Trinajstić information content (AvgIpc) is 2.63. The van der Waals surface area contributed by atoms with Crippen LogP contribution in [-0.2, 0) is 14.3 Å². The van der Waals surface area contributed by atoms with Crippen molar-refractivity contribution in [1.29, 1.82) is 0 Å². The summed E-state index contributed by atoms with van der Waals surface area (Å²) in [4.78, 5) is 40.4. The number of unbranched alkanes of at least 4 members (excludes halogenated alkanes) is 1. The van der Waals surface area contributed by atoms with Crippen molar-refractivity contribution in [3.63, 3.8) is 0 Å². The maximum Gasteiger partial charge on any atom is 0.408 e. The molecule has 1 rings (SSSR count). The van der Waals surface area contributed by atoms with E-state index in [9.17, 15) is 14.4 Å². The number of benzene rings is 1. The maximum atomic E-state index is 13.4. The number of ether oxygens (including phenoxy) is 1. The van der Waals surface area contributed by atoms with Crippen molar-refractivity contribution in [3.05, 3.63) is 34.9 Å². The molecule has 0 aliphatic rings. The van der Waals surface area contributed by atoms with E-state index < -0.39 is 23.3 Å². The van der Waals surface area contributed by atoms with Crippen LogP contribution >= 0.6 is 0 Å². The zero-order valence-corrected chi connectivity index (χ0v) is 21.2. The van der Waals surface area contributed by atoms with E-state index >= 15 is 0 Å². The summed E-state index contributed by atoms with van der Waals surface area (Å²) in [5, 5.41) is 5.56. The number of nitrogens with zero attached hydrogens (tertiary/aromatic N) is 1. The topological polar surface area (TPSA) is 87.7 Å². The minimum atomic E-state index is -0.798. The molecule has 1 unspecified atom stereocenters. The summed E-state index contributed by atoms with van der Waals surface area (Å²) in [6.07, 6.45) is 0.940. The van der Waals surface area contributed by atoms with Gasteiger partial charge in [-0.25, -0.2) is 4.79 Å². The summed E-state index contributed by atoms with van der Waals surface area (Å²) in [6.45, 7) is 17.1. The molecular weight excluding hydrogens is 406 g/mol. The van der Waals surface area contributed by atoms with Crippen LogP contribution in [-0.4, -0.2) is 47.0 Å². The van der Waals surface area contributed by atoms with Gasteiger partial charge in [0.25, 0.3) is 0 Å². The molecular formula is C25H41N3O4. The number of rotatable bonds is 8. The first-order chi connectivity index (χ1) is 14.7. The SMILES string of the molecule is CCCCN(C(=O)CNC(=O)OC(C)(C)C)C(C(=O)NC(C)(C)C)c1cccc(C)c1C. The molecule has 7 heteroatoms. The van der Waals surface area contributed by atoms with Crippen molar-refractivity contribution in [2.45, 2.75) is 92.3 Å². The summed E-state index contributed by atoms with van der Waals surface area (Å²) in [5.74, 6) is -0.577. The van der Waals surface area contributed by atoms with Crippen LogP contribution in [0.4, 0.5) is 4.79 Å². The van der Waals surface area contributed by atoms with Gasteiger partial charge in [0.2, 0.25) is 11.8 Å². The predicted octanol–water partition coefficient (Wildman–Crippen LogP) is 4.41. The number of amides is 3. The number of carbonyl (C=O) groups excluding carboxylic acids is 3. The molecule has 0 fully saturated rings. The number of hydrogen-bond donors (Lipinski definition) is 2. The molecule has 0 saturated heterocycles. The Morgan fingerprint density at radius 1 is 1.06 bits per heavy atom. The highest BCUT2D eigenvalue weighted by molar-refractivity contribution is 5.91. The third-order valence-electron chi connectivity index (χ3n) is 4.86. The fourth-order valence-electron chi connectivity index (χ4n) is 3.25. The van der Waals surface area contributed by atoms with Crippen LogP contribution in [0, 0.1) is 13.8 Å². The van der Waals surface area contributed by atoms with E-state index in [1.54, 1.807) is 25.7 Å². The first-order valence-electron chi connectivity index (χ1n) is 11.3. The van der Waals surface area contributed by atoms with Crippen molar-refractivity contribution in [3.8, 4) is 0 Å². The lowest BCUT2D eigenvalue weighted by Crippen LogP contribution is -2.51. The lowest BCUT2D eigenvalue weighted by Gasteiger charge is -2.35. The van der Waals surface area contributed by atoms with Gasteiger partial charge in [-0.1, -0.05) is 31.5 Å². The zero-order valence-electron chi connectivity index (χ0n) is 21.2. The zero-order chi connectivity index (χ0) is 24.7. The molecule has 1 aromatic carbocycles. The highest BCUT2D eigenvalue weighted by Crippen LogP contribution is 2.27. The summed E-state index contributed by atoms with van der Waals surface area (Å²) in [6, 6.07) is 4.98. The fraction of sp³-hybridized carbons (Fsp3) is 0.640. The van der Waals surface area contributed by atoms with E-state index in [0.717, 1.165) is 29.5 Å². The maximum absolute atomic E-state index is 13.4. The van der Waals surface area contributed by atoms with Gasteiger partial charge in [0, 0.05) is 12.1 Å². The normalized spacial score (nSPS) is 12.7. The monoisotopic (exact) mass is 447 g/mol. The summed E-state index contributed by atoms with van der Waals surface area (Å²) in [5.41, 5.74) is 1.68. The quantitative estimate of drug-likeness (QED) is 0.618. The molecule has 0 spiro atoms. The molecule has 7 nitrogen and oxygen atoms in total. The standard InChI is InChI=1S/C25H41N3O4/c1-10-11-15-28(20(29)16-26-23(31)32-25(7,8)9)21(22(30)27-24(4,5)6)19-14-12-13-17(2)18(19)3/h12-14,21H,10-11,15-16H2,1-9H3,(H,26,31)(H,27,30). The molecule has 0 aliphatic heterocycles. The predicted molar refractivity (Wildman–Crippen MR) is 127 cm³/mol.